The van der Waals surface area contributed by atoms with Gasteiger partial charge in [0.05, 0.1) is 11.8 Å². The van der Waals surface area contributed by atoms with Crippen molar-refractivity contribution in [2.24, 2.45) is 23.7 Å². The second-order valence-electron chi connectivity index (χ2n) is 12.0. The molecular weight excluding hydrogens is 608 g/mol. The van der Waals surface area contributed by atoms with E-state index < -0.39 is 108 Å². The van der Waals surface area contributed by atoms with Gasteiger partial charge in [0.15, 0.2) is 11.6 Å². The SMILES string of the molecule is CC(=O)OC1C[C@@H](C[C@H](C)OC(C)=O)OC(=O)[C@H](C)C(=O)[C@H](C)[C@H](OC(C)=O)CC(C[C@H](C)OC(C)=O)OC(=O)[C@H](C)C(=O)[C@@H]1C. The van der Waals surface area contributed by atoms with Crippen molar-refractivity contribution < 1.29 is 66.8 Å². The van der Waals surface area contributed by atoms with E-state index in [-0.39, 0.29) is 25.7 Å². The Morgan fingerprint density at radius 1 is 0.609 bits per heavy atom. The molecule has 0 radical (unpaired) electrons. The largest absolute Gasteiger partial charge is 0.463 e. The predicted molar refractivity (Wildman–Crippen MR) is 158 cm³/mol. The maximum Gasteiger partial charge on any atom is 0.316 e. The molecule has 1 saturated heterocycles. The number of Topliss-reactive ketones (excluding diaryl/α,β-unsaturated/α-hetero) is 2. The van der Waals surface area contributed by atoms with Gasteiger partial charge in [0.1, 0.15) is 48.5 Å². The molecule has 1 aliphatic heterocycles. The Morgan fingerprint density at radius 2 is 0.913 bits per heavy atom. The van der Waals surface area contributed by atoms with Crippen LogP contribution < -0.4 is 0 Å². The Balaban J connectivity index is 3.68. The van der Waals surface area contributed by atoms with E-state index in [9.17, 15) is 38.4 Å². The number of ether oxygens (including phenoxy) is 6. The highest BCUT2D eigenvalue weighted by Gasteiger charge is 2.41. The van der Waals surface area contributed by atoms with Crippen LogP contribution in [0.3, 0.4) is 0 Å². The molecule has 10 atom stereocenters. The average molecular weight is 657 g/mol. The number of rotatable bonds is 8. The van der Waals surface area contributed by atoms with Crippen LogP contribution >= 0.6 is 0 Å². The second-order valence-corrected chi connectivity index (χ2v) is 12.0. The first-order chi connectivity index (χ1) is 21.2. The summed E-state index contributed by atoms with van der Waals surface area (Å²) < 4.78 is 32.7. The number of cyclic esters (lactones) is 2. The molecule has 0 aromatic rings. The molecule has 260 valence electrons. The van der Waals surface area contributed by atoms with Gasteiger partial charge in [-0.1, -0.05) is 13.8 Å². The van der Waals surface area contributed by atoms with Crippen LogP contribution in [0.25, 0.3) is 0 Å². The molecule has 0 aromatic heterocycles. The molecule has 0 saturated carbocycles. The standard InChI is InChI=1S/C32H48O14/c1-15(41-21(7)33)11-25-13-27(43-23(9)35)17(3)29(37)20(6)32(40)46-26(12-16(2)42-22(8)34)14-28(44-24(10)36)18(4)30(38)19(5)31(39)45-25/h15-20,25-28H,11-14H2,1-10H3/t15-,16-,17+,18+,19+,20+,25+,26?,27?,28+/m0/s1. The van der Waals surface area contributed by atoms with Gasteiger partial charge in [-0.15, -0.1) is 0 Å². The third kappa shape index (κ3) is 13.3. The first-order valence-corrected chi connectivity index (χ1v) is 15.4. The van der Waals surface area contributed by atoms with E-state index in [4.69, 9.17) is 28.4 Å². The molecule has 1 rings (SSSR count). The van der Waals surface area contributed by atoms with E-state index in [0.717, 1.165) is 13.8 Å². The van der Waals surface area contributed by atoms with E-state index in [1.54, 1.807) is 13.8 Å². The summed E-state index contributed by atoms with van der Waals surface area (Å²) in [6, 6.07) is 0. The summed E-state index contributed by atoms with van der Waals surface area (Å²) in [4.78, 5) is 101. The van der Waals surface area contributed by atoms with Crippen LogP contribution in [0.5, 0.6) is 0 Å². The topological polar surface area (TPSA) is 192 Å². The van der Waals surface area contributed by atoms with E-state index in [0.29, 0.717) is 0 Å². The fourth-order valence-corrected chi connectivity index (χ4v) is 5.36. The highest BCUT2D eigenvalue weighted by atomic mass is 16.6. The molecule has 0 aliphatic carbocycles. The Kier molecular flexibility index (Phi) is 16.0. The summed E-state index contributed by atoms with van der Waals surface area (Å²) in [6.45, 7) is 13.3. The van der Waals surface area contributed by atoms with Gasteiger partial charge in [-0.05, 0) is 27.7 Å². The van der Waals surface area contributed by atoms with Gasteiger partial charge in [-0.3, -0.25) is 38.4 Å². The Morgan fingerprint density at radius 3 is 1.17 bits per heavy atom. The van der Waals surface area contributed by atoms with Gasteiger partial charge in [-0.2, -0.15) is 0 Å². The second kappa shape index (κ2) is 18.3. The van der Waals surface area contributed by atoms with Crippen molar-refractivity contribution in [2.75, 3.05) is 0 Å². The van der Waals surface area contributed by atoms with Crippen molar-refractivity contribution in [3.8, 4) is 0 Å². The van der Waals surface area contributed by atoms with Crippen molar-refractivity contribution in [3.05, 3.63) is 0 Å². The molecule has 14 heteroatoms. The maximum absolute atomic E-state index is 13.6. The smallest absolute Gasteiger partial charge is 0.316 e. The molecule has 1 heterocycles. The molecule has 0 bridgehead atoms. The molecule has 0 amide bonds. The zero-order valence-electron chi connectivity index (χ0n) is 28.3. The fourth-order valence-electron chi connectivity index (χ4n) is 5.36. The van der Waals surface area contributed by atoms with Crippen molar-refractivity contribution in [2.45, 2.75) is 132 Å². The molecule has 0 N–H and O–H groups in total. The van der Waals surface area contributed by atoms with Crippen LogP contribution in [0.15, 0.2) is 0 Å². The van der Waals surface area contributed by atoms with Crippen LogP contribution in [0.1, 0.15) is 94.9 Å². The molecule has 1 fully saturated rings. The Labute approximate surface area is 269 Å². The lowest BCUT2D eigenvalue weighted by Gasteiger charge is -2.32. The fraction of sp³-hybridized carbons (Fsp3) is 0.750. The first-order valence-electron chi connectivity index (χ1n) is 15.4. The number of hydrogen-bond donors (Lipinski definition) is 0. The van der Waals surface area contributed by atoms with Gasteiger partial charge < -0.3 is 28.4 Å². The van der Waals surface area contributed by atoms with Gasteiger partial charge >= 0.3 is 35.8 Å². The van der Waals surface area contributed by atoms with E-state index in [1.807, 2.05) is 0 Å². The summed E-state index contributed by atoms with van der Waals surface area (Å²) in [5, 5.41) is 0. The normalized spacial score (nSPS) is 29.8. The molecule has 14 nitrogen and oxygen atoms in total. The lowest BCUT2D eigenvalue weighted by Crippen LogP contribution is -2.43. The van der Waals surface area contributed by atoms with Gasteiger partial charge in [0, 0.05) is 53.4 Å². The summed E-state index contributed by atoms with van der Waals surface area (Å²) in [5.41, 5.74) is 0. The Bertz CT molecular complexity index is 1060. The quantitative estimate of drug-likeness (QED) is 0.210. The monoisotopic (exact) mass is 656 g/mol. The zero-order chi connectivity index (χ0) is 35.5. The third-order valence-corrected chi connectivity index (χ3v) is 7.69. The van der Waals surface area contributed by atoms with E-state index in [2.05, 4.69) is 0 Å². The van der Waals surface area contributed by atoms with Crippen LogP contribution in [0.4, 0.5) is 0 Å². The number of esters is 6. The van der Waals surface area contributed by atoms with Crippen molar-refractivity contribution >= 4 is 47.4 Å². The number of carbonyl (C=O) groups is 8. The lowest BCUT2D eigenvalue weighted by atomic mass is 9.86. The number of hydrogen-bond acceptors (Lipinski definition) is 14. The molecule has 1 aliphatic rings. The highest BCUT2D eigenvalue weighted by molar-refractivity contribution is 6.00. The number of carbonyl (C=O) groups excluding carboxylic acids is 8. The minimum Gasteiger partial charge on any atom is -0.463 e. The maximum atomic E-state index is 13.6. The van der Waals surface area contributed by atoms with E-state index >= 15 is 0 Å². The minimum absolute atomic E-state index is 0.0592. The summed E-state index contributed by atoms with van der Waals surface area (Å²) in [6.07, 6.45) is -6.60. The van der Waals surface area contributed by atoms with Gasteiger partial charge in [0.25, 0.3) is 0 Å². The van der Waals surface area contributed by atoms with Crippen molar-refractivity contribution in [1.29, 1.82) is 0 Å². The summed E-state index contributed by atoms with van der Waals surface area (Å²) in [7, 11) is 0. The summed E-state index contributed by atoms with van der Waals surface area (Å²) >= 11 is 0. The van der Waals surface area contributed by atoms with Crippen molar-refractivity contribution in [3.63, 3.8) is 0 Å². The van der Waals surface area contributed by atoms with Gasteiger partial charge in [-0.25, -0.2) is 0 Å². The van der Waals surface area contributed by atoms with Crippen LogP contribution in [-0.2, 0) is 66.8 Å². The van der Waals surface area contributed by atoms with Crippen molar-refractivity contribution in [1.82, 2.24) is 0 Å². The number of ketones is 2. The molecular formula is C32H48O14. The van der Waals surface area contributed by atoms with Crippen LogP contribution in [0.2, 0.25) is 0 Å². The molecule has 0 spiro atoms. The molecule has 46 heavy (non-hydrogen) atoms. The average Bonchev–Trinajstić information content (AvgIpc) is 2.91. The highest BCUT2D eigenvalue weighted by Crippen LogP contribution is 2.28. The van der Waals surface area contributed by atoms with Crippen LogP contribution in [0, 0.1) is 23.7 Å². The lowest BCUT2D eigenvalue weighted by molar-refractivity contribution is -0.166. The molecule has 0 aromatic carbocycles. The van der Waals surface area contributed by atoms with Crippen LogP contribution in [-0.4, -0.2) is 84.0 Å². The molecule has 2 unspecified atom stereocenters. The zero-order valence-corrected chi connectivity index (χ0v) is 28.3. The third-order valence-electron chi connectivity index (χ3n) is 7.69. The first kappa shape index (κ1) is 40.2. The van der Waals surface area contributed by atoms with E-state index in [1.165, 1.54) is 41.5 Å². The minimum atomic E-state index is -1.36. The summed E-state index contributed by atoms with van der Waals surface area (Å²) in [5.74, 6) is -10.7. The van der Waals surface area contributed by atoms with Gasteiger partial charge in [0.2, 0.25) is 0 Å². The predicted octanol–water partition coefficient (Wildman–Crippen LogP) is 2.83. The Hall–Kier alpha value is -3.84.